The largest absolute Gasteiger partial charge is 0.503 e. The number of rotatable bonds is 4. The molecule has 2 aliphatic rings. The van der Waals surface area contributed by atoms with Gasteiger partial charge in [0.2, 0.25) is 5.43 Å². The van der Waals surface area contributed by atoms with Gasteiger partial charge in [-0.2, -0.15) is 0 Å². The summed E-state index contributed by atoms with van der Waals surface area (Å²) < 4.78 is 33.8. The van der Waals surface area contributed by atoms with Gasteiger partial charge in [0, 0.05) is 24.4 Å². The molecule has 10 heteroatoms. The van der Waals surface area contributed by atoms with Gasteiger partial charge < -0.3 is 24.6 Å². The summed E-state index contributed by atoms with van der Waals surface area (Å²) in [6.07, 6.45) is 0.619. The summed E-state index contributed by atoms with van der Waals surface area (Å²) in [5.74, 6) is -3.69. The Labute approximate surface area is 176 Å². The molecule has 0 aliphatic carbocycles. The summed E-state index contributed by atoms with van der Waals surface area (Å²) in [5, 5.41) is 12.8. The van der Waals surface area contributed by atoms with Crippen LogP contribution in [-0.4, -0.2) is 45.3 Å². The first kappa shape index (κ1) is 21.0. The molecule has 1 aromatic heterocycles. The number of pyridine rings is 1. The molecule has 3 heterocycles. The average Bonchev–Trinajstić information content (AvgIpc) is 3.14. The fourth-order valence-corrected chi connectivity index (χ4v) is 3.93. The van der Waals surface area contributed by atoms with Crippen molar-refractivity contribution in [2.75, 3.05) is 6.61 Å². The van der Waals surface area contributed by atoms with E-state index in [-0.39, 0.29) is 36.3 Å². The SMILES string of the molecule is CC(C)[C@H]1CO[C@H]2Cn3cc(C(=O)NCc4ccc(F)cc4F)c(=O)c(O)c3C(=O)N21. The van der Waals surface area contributed by atoms with E-state index >= 15 is 0 Å². The molecule has 4 rings (SSSR count). The molecule has 1 fully saturated rings. The van der Waals surface area contributed by atoms with E-state index in [4.69, 9.17) is 4.74 Å². The van der Waals surface area contributed by atoms with Crippen molar-refractivity contribution in [3.8, 4) is 5.75 Å². The minimum absolute atomic E-state index is 0.0296. The maximum Gasteiger partial charge on any atom is 0.276 e. The summed E-state index contributed by atoms with van der Waals surface area (Å²) in [7, 11) is 0. The highest BCUT2D eigenvalue weighted by Crippen LogP contribution is 2.32. The van der Waals surface area contributed by atoms with E-state index < -0.39 is 46.4 Å². The number of benzene rings is 1. The Morgan fingerprint density at radius 3 is 2.74 bits per heavy atom. The Bertz CT molecular complexity index is 1130. The first-order chi connectivity index (χ1) is 14.7. The lowest BCUT2D eigenvalue weighted by atomic mass is 10.0. The molecule has 2 N–H and O–H groups in total. The second-order valence-corrected chi connectivity index (χ2v) is 7.95. The number of amides is 2. The van der Waals surface area contributed by atoms with Crippen molar-refractivity contribution in [2.45, 2.75) is 39.2 Å². The van der Waals surface area contributed by atoms with Gasteiger partial charge in [0.1, 0.15) is 17.2 Å². The van der Waals surface area contributed by atoms with Crippen LogP contribution in [0, 0.1) is 17.6 Å². The van der Waals surface area contributed by atoms with Crippen molar-refractivity contribution < 1.29 is 28.2 Å². The molecule has 0 spiro atoms. The number of hydrogen-bond donors (Lipinski definition) is 2. The highest BCUT2D eigenvalue weighted by molar-refractivity contribution is 5.99. The minimum atomic E-state index is -1.00. The maximum absolute atomic E-state index is 13.8. The average molecular weight is 433 g/mol. The highest BCUT2D eigenvalue weighted by Gasteiger charge is 2.45. The van der Waals surface area contributed by atoms with Crippen molar-refractivity contribution >= 4 is 11.8 Å². The van der Waals surface area contributed by atoms with Crippen LogP contribution in [0.2, 0.25) is 0 Å². The number of carbonyl (C=O) groups excluding carboxylic acids is 2. The second-order valence-electron chi connectivity index (χ2n) is 7.95. The van der Waals surface area contributed by atoms with Crippen molar-refractivity contribution in [1.29, 1.82) is 0 Å². The number of aromatic nitrogens is 1. The number of ether oxygens (including phenoxy) is 1. The zero-order valence-electron chi connectivity index (χ0n) is 16.9. The van der Waals surface area contributed by atoms with Gasteiger partial charge in [0.15, 0.2) is 17.7 Å². The van der Waals surface area contributed by atoms with Gasteiger partial charge in [-0.05, 0) is 12.0 Å². The number of nitrogens with zero attached hydrogens (tertiary/aromatic N) is 2. The summed E-state index contributed by atoms with van der Waals surface area (Å²) in [4.78, 5) is 39.7. The van der Waals surface area contributed by atoms with Crippen LogP contribution in [0.5, 0.6) is 5.75 Å². The van der Waals surface area contributed by atoms with Gasteiger partial charge in [-0.15, -0.1) is 0 Å². The fraction of sp³-hybridized carbons (Fsp3) is 0.381. The highest BCUT2D eigenvalue weighted by atomic mass is 19.1. The van der Waals surface area contributed by atoms with E-state index in [0.29, 0.717) is 12.7 Å². The predicted octanol–water partition coefficient (Wildman–Crippen LogP) is 1.60. The van der Waals surface area contributed by atoms with E-state index in [1.165, 1.54) is 21.7 Å². The van der Waals surface area contributed by atoms with Crippen molar-refractivity contribution in [1.82, 2.24) is 14.8 Å². The number of carbonyl (C=O) groups is 2. The summed E-state index contributed by atoms with van der Waals surface area (Å²) in [6, 6.07) is 2.73. The molecule has 2 aromatic rings. The van der Waals surface area contributed by atoms with Gasteiger partial charge in [0.05, 0.1) is 19.2 Å². The Morgan fingerprint density at radius 2 is 2.06 bits per heavy atom. The van der Waals surface area contributed by atoms with E-state index in [2.05, 4.69) is 5.32 Å². The number of halogens is 2. The quantitative estimate of drug-likeness (QED) is 0.763. The van der Waals surface area contributed by atoms with Gasteiger partial charge in [-0.1, -0.05) is 19.9 Å². The molecule has 2 atom stereocenters. The summed E-state index contributed by atoms with van der Waals surface area (Å²) in [5.41, 5.74) is -1.57. The third-order valence-electron chi connectivity index (χ3n) is 5.64. The molecule has 0 radical (unpaired) electrons. The van der Waals surface area contributed by atoms with Gasteiger partial charge in [-0.3, -0.25) is 14.4 Å². The Balaban J connectivity index is 1.62. The van der Waals surface area contributed by atoms with E-state index in [9.17, 15) is 28.3 Å². The molecule has 0 bridgehead atoms. The van der Waals surface area contributed by atoms with Crippen LogP contribution in [0.25, 0.3) is 0 Å². The van der Waals surface area contributed by atoms with Gasteiger partial charge >= 0.3 is 0 Å². The Kier molecular flexibility index (Phi) is 5.26. The molecule has 0 unspecified atom stereocenters. The normalized spacial score (nSPS) is 20.0. The van der Waals surface area contributed by atoms with Gasteiger partial charge in [-0.25, -0.2) is 8.78 Å². The minimum Gasteiger partial charge on any atom is -0.503 e. The summed E-state index contributed by atoms with van der Waals surface area (Å²) >= 11 is 0. The monoisotopic (exact) mass is 433 g/mol. The van der Waals surface area contributed by atoms with E-state index in [1.54, 1.807) is 0 Å². The summed E-state index contributed by atoms with van der Waals surface area (Å²) in [6.45, 7) is 4.09. The third-order valence-corrected chi connectivity index (χ3v) is 5.64. The van der Waals surface area contributed by atoms with Crippen molar-refractivity contribution in [3.05, 3.63) is 63.1 Å². The number of fused-ring (bicyclic) bond motifs is 2. The van der Waals surface area contributed by atoms with Crippen LogP contribution in [-0.2, 0) is 17.8 Å². The molecule has 8 nitrogen and oxygen atoms in total. The van der Waals surface area contributed by atoms with Crippen molar-refractivity contribution in [2.24, 2.45) is 5.92 Å². The second kappa shape index (κ2) is 7.77. The van der Waals surface area contributed by atoms with Gasteiger partial charge in [0.25, 0.3) is 11.8 Å². The molecule has 164 valence electrons. The number of nitrogens with one attached hydrogen (secondary N) is 1. The Hall–Kier alpha value is -3.27. The van der Waals surface area contributed by atoms with Crippen LogP contribution < -0.4 is 10.7 Å². The third kappa shape index (κ3) is 3.56. The molecule has 1 saturated heterocycles. The molecule has 31 heavy (non-hydrogen) atoms. The van der Waals surface area contributed by atoms with Crippen LogP contribution in [0.3, 0.4) is 0 Å². The van der Waals surface area contributed by atoms with Crippen LogP contribution in [0.15, 0.2) is 29.2 Å². The number of hydrogen-bond acceptors (Lipinski definition) is 5. The zero-order chi connectivity index (χ0) is 22.4. The molecular formula is C21H21F2N3O5. The molecule has 1 aromatic carbocycles. The van der Waals surface area contributed by atoms with Crippen molar-refractivity contribution in [3.63, 3.8) is 0 Å². The molecule has 2 amide bonds. The molecule has 2 aliphatic heterocycles. The molecule has 0 saturated carbocycles. The predicted molar refractivity (Wildman–Crippen MR) is 104 cm³/mol. The topological polar surface area (TPSA) is 101 Å². The lowest BCUT2D eigenvalue weighted by Gasteiger charge is -2.35. The maximum atomic E-state index is 13.8. The standard InChI is InChI=1S/C21H21F2N3O5/c1-10(2)15-9-31-16-8-25-7-13(18(27)19(28)17(25)21(30)26(15)16)20(29)24-6-11-3-4-12(22)5-14(11)23/h3-5,7,10,15-16,28H,6,8-9H2,1-2H3,(H,24,29)/t15-,16+/m1/s1. The fourth-order valence-electron chi connectivity index (χ4n) is 3.93. The van der Waals surface area contributed by atoms with E-state index in [0.717, 1.165) is 6.07 Å². The first-order valence-corrected chi connectivity index (χ1v) is 9.81. The van der Waals surface area contributed by atoms with Crippen LogP contribution >= 0.6 is 0 Å². The van der Waals surface area contributed by atoms with E-state index in [1.807, 2.05) is 13.8 Å². The Morgan fingerprint density at radius 1 is 1.32 bits per heavy atom. The number of aromatic hydroxyl groups is 1. The van der Waals surface area contributed by atoms with Crippen LogP contribution in [0.4, 0.5) is 8.78 Å². The smallest absolute Gasteiger partial charge is 0.276 e. The zero-order valence-corrected chi connectivity index (χ0v) is 16.9. The molecular weight excluding hydrogens is 412 g/mol. The lowest BCUT2D eigenvalue weighted by molar-refractivity contribution is 0.00429. The van der Waals surface area contributed by atoms with Crippen LogP contribution in [0.1, 0.15) is 40.3 Å². The lowest BCUT2D eigenvalue weighted by Crippen LogP contribution is -2.51. The first-order valence-electron chi connectivity index (χ1n) is 9.81.